The number of aromatic hydroxyl groups is 1. The lowest BCUT2D eigenvalue weighted by atomic mass is 9.59. The van der Waals surface area contributed by atoms with E-state index in [-0.39, 0.29) is 42.4 Å². The standard InChI is InChI=1S/C29H28N2O8/c1-31(2)18-12-17(19(32)8-13-6-4-3-5-7-13)24(34)22-16(18)10-14-9-15-11-20(33)23(28(30)38)27(37)29(15,39)26(36)21(14)25(22)35/h3-7,12,14-15,34-35,37,39H,8-11H2,1-2H3,(H2,30,38)/t14-,15+,29+/m1/s1. The number of hydrogen-bond donors (Lipinski definition) is 5. The number of anilines is 1. The number of carbonyl (C=O) groups excluding carboxylic acids is 4. The molecule has 2 aromatic rings. The molecule has 0 saturated heterocycles. The molecule has 3 aliphatic carbocycles. The van der Waals surface area contributed by atoms with Gasteiger partial charge < -0.3 is 31.1 Å². The molecule has 0 aliphatic heterocycles. The van der Waals surface area contributed by atoms with E-state index in [1.807, 2.05) is 6.07 Å². The molecule has 0 spiro atoms. The highest BCUT2D eigenvalue weighted by Crippen LogP contribution is 2.53. The highest BCUT2D eigenvalue weighted by atomic mass is 16.3. The fourth-order valence-electron chi connectivity index (χ4n) is 6.16. The summed E-state index contributed by atoms with van der Waals surface area (Å²) in [5.41, 5.74) is 3.11. The number of fused-ring (bicyclic) bond motifs is 3. The number of benzene rings is 2. The zero-order valence-corrected chi connectivity index (χ0v) is 21.4. The van der Waals surface area contributed by atoms with E-state index in [1.165, 1.54) is 0 Å². The number of carbonyl (C=O) groups is 4. The molecule has 0 heterocycles. The van der Waals surface area contributed by atoms with Crippen molar-refractivity contribution in [3.8, 4) is 5.75 Å². The minimum Gasteiger partial charge on any atom is -0.508 e. The van der Waals surface area contributed by atoms with Crippen molar-refractivity contribution >= 4 is 34.7 Å². The Morgan fingerprint density at radius 2 is 1.74 bits per heavy atom. The van der Waals surface area contributed by atoms with Crippen LogP contribution in [0.5, 0.6) is 5.75 Å². The number of hydrogen-bond acceptors (Lipinski definition) is 9. The summed E-state index contributed by atoms with van der Waals surface area (Å²) in [5.74, 6) is -7.50. The molecule has 3 aliphatic rings. The third kappa shape index (κ3) is 3.82. The van der Waals surface area contributed by atoms with Crippen molar-refractivity contribution in [2.45, 2.75) is 31.3 Å². The Kier molecular flexibility index (Phi) is 6.10. The van der Waals surface area contributed by atoms with Gasteiger partial charge in [-0.3, -0.25) is 19.2 Å². The van der Waals surface area contributed by atoms with E-state index in [2.05, 4.69) is 0 Å². The minimum atomic E-state index is -2.64. The first-order valence-electron chi connectivity index (χ1n) is 12.5. The number of primary amides is 1. The molecule has 10 nitrogen and oxygen atoms in total. The van der Waals surface area contributed by atoms with Crippen LogP contribution < -0.4 is 10.6 Å². The van der Waals surface area contributed by atoms with Gasteiger partial charge >= 0.3 is 0 Å². The topological polar surface area (TPSA) is 178 Å². The maximum absolute atomic E-state index is 13.7. The van der Waals surface area contributed by atoms with Crippen molar-refractivity contribution in [1.82, 2.24) is 0 Å². The molecule has 0 unspecified atom stereocenters. The van der Waals surface area contributed by atoms with Gasteiger partial charge in [0.15, 0.2) is 17.2 Å². The third-order valence-corrected chi connectivity index (χ3v) is 8.03. The lowest BCUT2D eigenvalue weighted by Gasteiger charge is -2.46. The largest absolute Gasteiger partial charge is 0.508 e. The number of aliphatic hydroxyl groups excluding tert-OH is 2. The van der Waals surface area contributed by atoms with Crippen LogP contribution in [-0.4, -0.2) is 63.4 Å². The number of aliphatic hydroxyl groups is 3. The summed E-state index contributed by atoms with van der Waals surface area (Å²) in [4.78, 5) is 53.1. The number of phenols is 1. The van der Waals surface area contributed by atoms with E-state index in [4.69, 9.17) is 5.73 Å². The Morgan fingerprint density at radius 3 is 2.36 bits per heavy atom. The zero-order valence-electron chi connectivity index (χ0n) is 21.4. The van der Waals surface area contributed by atoms with Crippen molar-refractivity contribution in [2.75, 3.05) is 19.0 Å². The van der Waals surface area contributed by atoms with Crippen LogP contribution in [0.1, 0.15) is 39.9 Å². The quantitative estimate of drug-likeness (QED) is 0.284. The fraction of sp³-hybridized carbons (Fsp3) is 0.310. The van der Waals surface area contributed by atoms with Crippen LogP contribution in [0.15, 0.2) is 53.3 Å². The Bertz CT molecular complexity index is 1520. The number of nitrogens with zero attached hydrogens (tertiary/aromatic N) is 1. The van der Waals surface area contributed by atoms with Crippen LogP contribution >= 0.6 is 0 Å². The van der Waals surface area contributed by atoms with Crippen LogP contribution in [0.25, 0.3) is 5.76 Å². The van der Waals surface area contributed by atoms with Crippen molar-refractivity contribution in [1.29, 1.82) is 0 Å². The van der Waals surface area contributed by atoms with Gasteiger partial charge in [-0.25, -0.2) is 0 Å². The van der Waals surface area contributed by atoms with E-state index in [0.29, 0.717) is 11.3 Å². The van der Waals surface area contributed by atoms with Gasteiger partial charge in [0.25, 0.3) is 5.91 Å². The van der Waals surface area contributed by atoms with E-state index in [9.17, 15) is 39.6 Å². The second-order valence-electron chi connectivity index (χ2n) is 10.5. The number of phenolic OH excluding ortho intramolecular Hbond substituents is 1. The van der Waals surface area contributed by atoms with Crippen LogP contribution in [-0.2, 0) is 27.2 Å². The minimum absolute atomic E-state index is 0.0109. The molecule has 0 aromatic heterocycles. The van der Waals surface area contributed by atoms with E-state index < -0.39 is 63.5 Å². The maximum atomic E-state index is 13.7. The van der Waals surface area contributed by atoms with Gasteiger partial charge in [-0.2, -0.15) is 0 Å². The van der Waals surface area contributed by atoms with Crippen LogP contribution in [0.2, 0.25) is 0 Å². The SMILES string of the molecule is CN(C)c1cc(C(=O)Cc2ccccc2)c(O)c2c1C[C@H]1C[C@H]3CC(=O)C(C(N)=O)=C(O)[C@@]3(O)C(=O)C1=C2O. The first-order valence-corrected chi connectivity index (χ1v) is 12.5. The molecule has 1 saturated carbocycles. The van der Waals surface area contributed by atoms with Crippen LogP contribution in [0.3, 0.4) is 0 Å². The molecule has 10 heteroatoms. The monoisotopic (exact) mass is 532 g/mol. The summed E-state index contributed by atoms with van der Waals surface area (Å²) in [7, 11) is 3.49. The van der Waals surface area contributed by atoms with Gasteiger partial charge in [0.2, 0.25) is 5.78 Å². The summed E-state index contributed by atoms with van der Waals surface area (Å²) in [6.07, 6.45) is -0.211. The third-order valence-electron chi connectivity index (χ3n) is 8.03. The average Bonchev–Trinajstić information content (AvgIpc) is 2.86. The van der Waals surface area contributed by atoms with Gasteiger partial charge in [-0.1, -0.05) is 30.3 Å². The highest BCUT2D eigenvalue weighted by Gasteiger charge is 2.60. The Morgan fingerprint density at radius 1 is 1.08 bits per heavy atom. The van der Waals surface area contributed by atoms with Gasteiger partial charge in [-0.05, 0) is 36.0 Å². The van der Waals surface area contributed by atoms with Crippen LogP contribution in [0, 0.1) is 11.8 Å². The smallest absolute Gasteiger partial charge is 0.255 e. The molecule has 1 fully saturated rings. The summed E-state index contributed by atoms with van der Waals surface area (Å²) < 4.78 is 0. The summed E-state index contributed by atoms with van der Waals surface area (Å²) in [5, 5.41) is 44.8. The fourth-order valence-corrected chi connectivity index (χ4v) is 6.16. The van der Waals surface area contributed by atoms with E-state index in [1.54, 1.807) is 49.3 Å². The molecule has 1 amide bonds. The van der Waals surface area contributed by atoms with Crippen molar-refractivity contribution in [3.05, 3.63) is 75.6 Å². The Labute approximate surface area is 223 Å². The van der Waals surface area contributed by atoms with Crippen molar-refractivity contribution in [3.63, 3.8) is 0 Å². The summed E-state index contributed by atoms with van der Waals surface area (Å²) in [6, 6.07) is 10.5. The number of nitrogens with two attached hydrogens (primary N) is 1. The summed E-state index contributed by atoms with van der Waals surface area (Å²) >= 11 is 0. The second-order valence-corrected chi connectivity index (χ2v) is 10.5. The Balaban J connectivity index is 1.68. The first kappa shape index (κ1) is 26.2. The van der Waals surface area contributed by atoms with E-state index in [0.717, 1.165) is 5.56 Å². The number of rotatable bonds is 5. The number of ketones is 3. The van der Waals surface area contributed by atoms with Crippen molar-refractivity contribution < 1.29 is 39.6 Å². The predicted octanol–water partition coefficient (Wildman–Crippen LogP) is 1.92. The van der Waals surface area contributed by atoms with E-state index >= 15 is 0 Å². The zero-order chi connectivity index (χ0) is 28.4. The molecule has 0 radical (unpaired) electrons. The van der Waals surface area contributed by atoms with Gasteiger partial charge in [0.05, 0.1) is 11.1 Å². The molecule has 6 N–H and O–H groups in total. The molecule has 5 rings (SSSR count). The van der Waals surface area contributed by atoms with Gasteiger partial charge in [0, 0.05) is 44.1 Å². The first-order chi connectivity index (χ1) is 18.4. The molecule has 202 valence electrons. The Hall–Kier alpha value is -4.44. The highest BCUT2D eigenvalue weighted by molar-refractivity contribution is 6.23. The van der Waals surface area contributed by atoms with Gasteiger partial charge in [-0.15, -0.1) is 0 Å². The predicted molar refractivity (Wildman–Crippen MR) is 140 cm³/mol. The lowest BCUT2D eigenvalue weighted by Crippen LogP contribution is -2.58. The number of amides is 1. The molecule has 3 atom stereocenters. The maximum Gasteiger partial charge on any atom is 0.255 e. The molecular formula is C29H28N2O8. The van der Waals surface area contributed by atoms with Crippen molar-refractivity contribution in [2.24, 2.45) is 17.6 Å². The molecule has 2 aromatic carbocycles. The lowest BCUT2D eigenvalue weighted by molar-refractivity contribution is -0.147. The van der Waals surface area contributed by atoms with Crippen LogP contribution in [0.4, 0.5) is 5.69 Å². The normalized spacial score (nSPS) is 24.2. The summed E-state index contributed by atoms with van der Waals surface area (Å²) in [6.45, 7) is 0. The molecule has 39 heavy (non-hydrogen) atoms. The molecule has 0 bridgehead atoms. The average molecular weight is 533 g/mol. The molecular weight excluding hydrogens is 504 g/mol. The second kappa shape index (κ2) is 9.09. The number of Topliss-reactive ketones (excluding diaryl/α,β-unsaturated/α-hetero) is 3. The van der Waals surface area contributed by atoms with Gasteiger partial charge in [0.1, 0.15) is 22.8 Å².